The molecular formula is C12H24N2O3S. The molecule has 2 N–H and O–H groups in total. The summed E-state index contributed by atoms with van der Waals surface area (Å²) in [4.78, 5) is 13.6. The Kier molecular flexibility index (Phi) is 5.59. The standard InChI is InChI=1S/C12H24N2O3S/c1-14(12(15)8-5-9-13)10-6-3-4-7-11(10)18(2,16)17/h10-11H,3-9,13H2,1-2H3/t10-,11+/m0/s1. The highest BCUT2D eigenvalue weighted by atomic mass is 32.2. The molecule has 5 nitrogen and oxygen atoms in total. The van der Waals surface area contributed by atoms with Gasteiger partial charge in [0.25, 0.3) is 0 Å². The van der Waals surface area contributed by atoms with Crippen LogP contribution in [-0.4, -0.2) is 50.4 Å². The van der Waals surface area contributed by atoms with Crippen molar-refractivity contribution in [3.63, 3.8) is 0 Å². The van der Waals surface area contributed by atoms with Crippen molar-refractivity contribution in [1.29, 1.82) is 0 Å². The van der Waals surface area contributed by atoms with Crippen LogP contribution in [0.1, 0.15) is 38.5 Å². The predicted octanol–water partition coefficient (Wildman–Crippen LogP) is 0.540. The summed E-state index contributed by atoms with van der Waals surface area (Å²) in [6.07, 6.45) is 5.69. The molecular weight excluding hydrogens is 252 g/mol. The first-order chi connectivity index (χ1) is 8.38. The maximum atomic E-state index is 11.9. The molecule has 0 saturated heterocycles. The van der Waals surface area contributed by atoms with Gasteiger partial charge in [0.1, 0.15) is 0 Å². The molecule has 18 heavy (non-hydrogen) atoms. The van der Waals surface area contributed by atoms with Crippen molar-refractivity contribution < 1.29 is 13.2 Å². The Bertz CT molecular complexity index is 381. The van der Waals surface area contributed by atoms with Crippen LogP contribution in [0.25, 0.3) is 0 Å². The van der Waals surface area contributed by atoms with Crippen LogP contribution in [0.4, 0.5) is 0 Å². The SMILES string of the molecule is CN(C(=O)CCCN)[C@H]1CCCC[C@H]1S(C)(=O)=O. The van der Waals surface area contributed by atoms with Gasteiger partial charge in [-0.15, -0.1) is 0 Å². The average molecular weight is 276 g/mol. The number of hydrogen-bond donors (Lipinski definition) is 1. The molecule has 106 valence electrons. The quantitative estimate of drug-likeness (QED) is 0.794. The van der Waals surface area contributed by atoms with Crippen molar-refractivity contribution in [3.05, 3.63) is 0 Å². The molecule has 6 heteroatoms. The molecule has 0 unspecified atom stereocenters. The van der Waals surface area contributed by atoms with Gasteiger partial charge >= 0.3 is 0 Å². The molecule has 0 aromatic carbocycles. The van der Waals surface area contributed by atoms with Gasteiger partial charge in [0.15, 0.2) is 9.84 Å². The predicted molar refractivity (Wildman–Crippen MR) is 71.9 cm³/mol. The summed E-state index contributed by atoms with van der Waals surface area (Å²) in [6.45, 7) is 0.486. The molecule has 2 atom stereocenters. The lowest BCUT2D eigenvalue weighted by Crippen LogP contribution is -2.49. The third-order valence-electron chi connectivity index (χ3n) is 3.70. The molecule has 0 radical (unpaired) electrons. The molecule has 1 fully saturated rings. The van der Waals surface area contributed by atoms with Crippen molar-refractivity contribution in [3.8, 4) is 0 Å². The second-order valence-electron chi connectivity index (χ2n) is 5.12. The summed E-state index contributed by atoms with van der Waals surface area (Å²) in [6, 6.07) is -0.168. The number of hydrogen-bond acceptors (Lipinski definition) is 4. The van der Waals surface area contributed by atoms with E-state index in [1.807, 2.05) is 0 Å². The van der Waals surface area contributed by atoms with Gasteiger partial charge in [0, 0.05) is 25.8 Å². The summed E-state index contributed by atoms with van der Waals surface area (Å²) < 4.78 is 23.6. The van der Waals surface area contributed by atoms with Gasteiger partial charge in [-0.05, 0) is 25.8 Å². The first-order valence-electron chi connectivity index (χ1n) is 6.52. The molecule has 0 aromatic heterocycles. The van der Waals surface area contributed by atoms with E-state index >= 15 is 0 Å². The Morgan fingerprint density at radius 2 is 1.94 bits per heavy atom. The van der Waals surface area contributed by atoms with E-state index in [0.717, 1.165) is 19.3 Å². The van der Waals surface area contributed by atoms with Gasteiger partial charge in [-0.3, -0.25) is 4.79 Å². The fraction of sp³-hybridized carbons (Fsp3) is 0.917. The number of nitrogens with two attached hydrogens (primary N) is 1. The lowest BCUT2D eigenvalue weighted by atomic mass is 9.93. The summed E-state index contributed by atoms with van der Waals surface area (Å²) in [7, 11) is -1.38. The largest absolute Gasteiger partial charge is 0.341 e. The second-order valence-corrected chi connectivity index (χ2v) is 7.38. The van der Waals surface area contributed by atoms with E-state index in [1.165, 1.54) is 6.26 Å². The molecule has 1 aliphatic rings. The van der Waals surface area contributed by atoms with E-state index in [9.17, 15) is 13.2 Å². The van der Waals surface area contributed by atoms with Crippen LogP contribution in [0, 0.1) is 0 Å². The van der Waals surface area contributed by atoms with Gasteiger partial charge in [0.05, 0.1) is 5.25 Å². The van der Waals surface area contributed by atoms with Crippen LogP contribution in [0.5, 0.6) is 0 Å². The van der Waals surface area contributed by atoms with Crippen LogP contribution < -0.4 is 5.73 Å². The smallest absolute Gasteiger partial charge is 0.222 e. The van der Waals surface area contributed by atoms with Crippen molar-refractivity contribution in [2.75, 3.05) is 19.8 Å². The fourth-order valence-electron chi connectivity index (χ4n) is 2.63. The zero-order valence-electron chi connectivity index (χ0n) is 11.3. The molecule has 1 aliphatic carbocycles. The lowest BCUT2D eigenvalue weighted by molar-refractivity contribution is -0.132. The number of sulfone groups is 1. The van der Waals surface area contributed by atoms with Gasteiger partial charge in [-0.25, -0.2) is 8.42 Å². The van der Waals surface area contributed by atoms with Crippen molar-refractivity contribution in [1.82, 2.24) is 4.90 Å². The Hall–Kier alpha value is -0.620. The molecule has 1 saturated carbocycles. The maximum Gasteiger partial charge on any atom is 0.222 e. The molecule has 0 heterocycles. The summed E-state index contributed by atoms with van der Waals surface area (Å²) >= 11 is 0. The van der Waals surface area contributed by atoms with Gasteiger partial charge in [0.2, 0.25) is 5.91 Å². The Morgan fingerprint density at radius 3 is 2.50 bits per heavy atom. The van der Waals surface area contributed by atoms with Gasteiger partial charge in [-0.1, -0.05) is 12.8 Å². The van der Waals surface area contributed by atoms with Crippen molar-refractivity contribution in [2.24, 2.45) is 5.73 Å². The van der Waals surface area contributed by atoms with Crippen molar-refractivity contribution >= 4 is 15.7 Å². The van der Waals surface area contributed by atoms with E-state index in [4.69, 9.17) is 5.73 Å². The minimum atomic E-state index is -3.09. The summed E-state index contributed by atoms with van der Waals surface area (Å²) in [5, 5.41) is -0.405. The molecule has 0 aromatic rings. The van der Waals surface area contributed by atoms with Crippen LogP contribution in [-0.2, 0) is 14.6 Å². The Labute approximate surface area is 110 Å². The molecule has 1 rings (SSSR count). The van der Waals surface area contributed by atoms with Crippen LogP contribution in [0.2, 0.25) is 0 Å². The highest BCUT2D eigenvalue weighted by Gasteiger charge is 2.36. The summed E-state index contributed by atoms with van der Waals surface area (Å²) in [5.41, 5.74) is 5.39. The van der Waals surface area contributed by atoms with Crippen LogP contribution in [0.15, 0.2) is 0 Å². The van der Waals surface area contributed by atoms with E-state index in [-0.39, 0.29) is 11.9 Å². The van der Waals surface area contributed by atoms with E-state index in [1.54, 1.807) is 11.9 Å². The topological polar surface area (TPSA) is 80.5 Å². The Balaban J connectivity index is 2.74. The molecule has 0 aliphatic heterocycles. The number of nitrogens with zero attached hydrogens (tertiary/aromatic N) is 1. The number of rotatable bonds is 5. The number of amides is 1. The first kappa shape index (κ1) is 15.4. The van der Waals surface area contributed by atoms with Gasteiger partial charge in [-0.2, -0.15) is 0 Å². The maximum absolute atomic E-state index is 11.9. The highest BCUT2D eigenvalue weighted by molar-refractivity contribution is 7.91. The fourth-order valence-corrected chi connectivity index (χ4v) is 4.12. The van der Waals surface area contributed by atoms with E-state index < -0.39 is 15.1 Å². The molecule has 0 spiro atoms. The van der Waals surface area contributed by atoms with Crippen molar-refractivity contribution in [2.45, 2.75) is 49.8 Å². The highest BCUT2D eigenvalue weighted by Crippen LogP contribution is 2.27. The average Bonchev–Trinajstić information content (AvgIpc) is 2.34. The monoisotopic (exact) mass is 276 g/mol. The summed E-state index contributed by atoms with van der Waals surface area (Å²) in [5.74, 6) is 0.000926. The normalized spacial score (nSPS) is 24.8. The minimum absolute atomic E-state index is 0.000926. The second kappa shape index (κ2) is 6.52. The zero-order valence-corrected chi connectivity index (χ0v) is 12.1. The third kappa shape index (κ3) is 3.95. The van der Waals surface area contributed by atoms with Crippen LogP contribution in [0.3, 0.4) is 0 Å². The Morgan fingerprint density at radius 1 is 1.33 bits per heavy atom. The lowest BCUT2D eigenvalue weighted by Gasteiger charge is -2.37. The number of carbonyl (C=O) groups is 1. The third-order valence-corrected chi connectivity index (χ3v) is 5.35. The van der Waals surface area contributed by atoms with Crippen LogP contribution >= 0.6 is 0 Å². The molecule has 0 bridgehead atoms. The van der Waals surface area contributed by atoms with E-state index in [2.05, 4.69) is 0 Å². The van der Waals surface area contributed by atoms with Gasteiger partial charge < -0.3 is 10.6 Å². The molecule has 1 amide bonds. The minimum Gasteiger partial charge on any atom is -0.341 e. The number of carbonyl (C=O) groups excluding carboxylic acids is 1. The zero-order chi connectivity index (χ0) is 13.8. The first-order valence-corrected chi connectivity index (χ1v) is 8.48. The van der Waals surface area contributed by atoms with E-state index in [0.29, 0.717) is 25.8 Å².